The molecular weight excluding hydrogens is 214 g/mol. The Morgan fingerprint density at radius 1 is 1.35 bits per heavy atom. The lowest BCUT2D eigenvalue weighted by Crippen LogP contribution is -2.37. The van der Waals surface area contributed by atoms with E-state index in [-0.39, 0.29) is 12.4 Å². The average Bonchev–Trinajstić information content (AvgIpc) is 2.27. The van der Waals surface area contributed by atoms with Crippen molar-refractivity contribution in [3.05, 3.63) is 42.1 Å². The Labute approximate surface area is 99.5 Å². The summed E-state index contributed by atoms with van der Waals surface area (Å²) < 4.78 is 0. The summed E-state index contributed by atoms with van der Waals surface area (Å²) in [5.41, 5.74) is 7.33. The van der Waals surface area contributed by atoms with Crippen LogP contribution in [0.15, 0.2) is 36.5 Å². The summed E-state index contributed by atoms with van der Waals surface area (Å²) in [6.07, 6.45) is 1.77. The highest BCUT2D eigenvalue weighted by atomic mass is 15.4. The van der Waals surface area contributed by atoms with E-state index < -0.39 is 0 Å². The number of aromatic nitrogens is 1. The number of nitrogens with one attached hydrogen (secondary N) is 1. The fourth-order valence-corrected chi connectivity index (χ4v) is 1.73. The van der Waals surface area contributed by atoms with Gasteiger partial charge in [-0.15, -0.1) is 0 Å². The summed E-state index contributed by atoms with van der Waals surface area (Å²) >= 11 is 0. The molecule has 17 heavy (non-hydrogen) atoms. The smallest absolute Gasteiger partial charge is 0.106 e. The van der Waals surface area contributed by atoms with Crippen LogP contribution in [0.4, 0.5) is 0 Å². The van der Waals surface area contributed by atoms with Gasteiger partial charge in [0.05, 0.1) is 12.1 Å². The minimum Gasteiger partial charge on any atom is -0.387 e. The zero-order valence-corrected chi connectivity index (χ0v) is 9.43. The number of hydrazine groups is 1. The summed E-state index contributed by atoms with van der Waals surface area (Å²) in [6, 6.07) is 9.91. The van der Waals surface area contributed by atoms with Gasteiger partial charge >= 0.3 is 0 Å². The normalized spacial score (nSPS) is 10.9. The van der Waals surface area contributed by atoms with Crippen LogP contribution in [-0.2, 0) is 6.54 Å². The molecule has 1 aromatic carbocycles. The van der Waals surface area contributed by atoms with Crippen molar-refractivity contribution in [1.29, 1.82) is 5.41 Å². The van der Waals surface area contributed by atoms with Crippen LogP contribution in [0.3, 0.4) is 0 Å². The largest absolute Gasteiger partial charge is 0.387 e. The van der Waals surface area contributed by atoms with Gasteiger partial charge in [0.2, 0.25) is 0 Å². The predicted octanol–water partition coefficient (Wildman–Crippen LogP) is 0.846. The molecule has 0 atom stereocenters. The number of fused-ring (bicyclic) bond motifs is 1. The molecule has 0 saturated carbocycles. The van der Waals surface area contributed by atoms with Crippen LogP contribution in [0.25, 0.3) is 10.9 Å². The molecule has 0 aliphatic rings. The van der Waals surface area contributed by atoms with Crippen molar-refractivity contribution in [2.75, 3.05) is 6.54 Å². The third kappa shape index (κ3) is 2.99. The van der Waals surface area contributed by atoms with E-state index in [2.05, 4.69) is 4.98 Å². The number of nitrogens with two attached hydrogens (primary N) is 2. The Morgan fingerprint density at radius 3 is 2.94 bits per heavy atom. The van der Waals surface area contributed by atoms with E-state index in [9.17, 15) is 0 Å². The van der Waals surface area contributed by atoms with E-state index >= 15 is 0 Å². The van der Waals surface area contributed by atoms with Crippen molar-refractivity contribution in [3.63, 3.8) is 0 Å². The monoisotopic (exact) mass is 229 g/mol. The van der Waals surface area contributed by atoms with E-state index in [0.717, 1.165) is 16.5 Å². The number of hydrogen-bond acceptors (Lipinski definition) is 4. The zero-order valence-electron chi connectivity index (χ0n) is 9.43. The van der Waals surface area contributed by atoms with Gasteiger partial charge in [0.25, 0.3) is 0 Å². The third-order valence-corrected chi connectivity index (χ3v) is 2.43. The van der Waals surface area contributed by atoms with Crippen LogP contribution in [-0.4, -0.2) is 22.4 Å². The van der Waals surface area contributed by atoms with E-state index in [1.807, 2.05) is 30.3 Å². The van der Waals surface area contributed by atoms with Gasteiger partial charge in [-0.1, -0.05) is 12.1 Å². The maximum Gasteiger partial charge on any atom is 0.106 e. The van der Waals surface area contributed by atoms with E-state index in [4.69, 9.17) is 17.0 Å². The number of amidine groups is 1. The maximum absolute atomic E-state index is 7.17. The Bertz CT molecular complexity index is 537. The van der Waals surface area contributed by atoms with Crippen molar-refractivity contribution in [3.8, 4) is 0 Å². The molecule has 0 unspecified atom stereocenters. The number of benzene rings is 1. The van der Waals surface area contributed by atoms with Gasteiger partial charge in [0, 0.05) is 18.1 Å². The molecule has 0 spiro atoms. The number of pyridine rings is 1. The summed E-state index contributed by atoms with van der Waals surface area (Å²) in [6.45, 7) is 0.829. The summed E-state index contributed by atoms with van der Waals surface area (Å²) in [5, 5.41) is 9.77. The van der Waals surface area contributed by atoms with Crippen molar-refractivity contribution in [1.82, 2.24) is 9.99 Å². The SMILES string of the molecule is N=C(N)CN(N)Cc1ccc2ncccc2c1. The summed E-state index contributed by atoms with van der Waals surface area (Å²) in [7, 11) is 0. The molecule has 1 aromatic heterocycles. The Kier molecular flexibility index (Phi) is 3.32. The topological polar surface area (TPSA) is 92.0 Å². The average molecular weight is 229 g/mol. The molecule has 0 aliphatic carbocycles. The molecule has 5 heteroatoms. The fourth-order valence-electron chi connectivity index (χ4n) is 1.73. The molecule has 5 N–H and O–H groups in total. The summed E-state index contributed by atoms with van der Waals surface area (Å²) in [5.74, 6) is 5.81. The van der Waals surface area contributed by atoms with Crippen molar-refractivity contribution in [2.24, 2.45) is 11.6 Å². The van der Waals surface area contributed by atoms with Crippen LogP contribution in [0, 0.1) is 5.41 Å². The molecule has 0 bridgehead atoms. The maximum atomic E-state index is 7.17. The predicted molar refractivity (Wildman–Crippen MR) is 68.3 cm³/mol. The highest BCUT2D eigenvalue weighted by Gasteiger charge is 2.03. The van der Waals surface area contributed by atoms with Crippen LogP contribution in [0.5, 0.6) is 0 Å². The molecule has 0 aliphatic heterocycles. The van der Waals surface area contributed by atoms with Gasteiger partial charge < -0.3 is 5.73 Å². The second-order valence-electron chi connectivity index (χ2n) is 3.96. The molecule has 5 nitrogen and oxygen atoms in total. The Balaban J connectivity index is 2.16. The van der Waals surface area contributed by atoms with Gasteiger partial charge in [-0.05, 0) is 23.8 Å². The van der Waals surface area contributed by atoms with Crippen molar-refractivity contribution >= 4 is 16.7 Å². The first kappa shape index (κ1) is 11.5. The zero-order chi connectivity index (χ0) is 12.3. The lowest BCUT2D eigenvalue weighted by atomic mass is 10.1. The van der Waals surface area contributed by atoms with Gasteiger partial charge in [-0.25, -0.2) is 5.01 Å². The van der Waals surface area contributed by atoms with Crippen molar-refractivity contribution < 1.29 is 0 Å². The molecule has 2 rings (SSSR count). The van der Waals surface area contributed by atoms with Gasteiger partial charge in [-0.2, -0.15) is 0 Å². The second kappa shape index (κ2) is 4.90. The molecule has 0 radical (unpaired) electrons. The van der Waals surface area contributed by atoms with Crippen molar-refractivity contribution in [2.45, 2.75) is 6.54 Å². The molecule has 88 valence electrons. The molecule has 1 heterocycles. The first-order chi connectivity index (χ1) is 8.15. The van der Waals surface area contributed by atoms with Gasteiger partial charge in [0.15, 0.2) is 0 Å². The molecular formula is C12H15N5. The molecule has 0 amide bonds. The minimum atomic E-state index is 0.0648. The van der Waals surface area contributed by atoms with E-state index in [1.165, 1.54) is 5.01 Å². The van der Waals surface area contributed by atoms with Crippen LogP contribution in [0.1, 0.15) is 5.56 Å². The lowest BCUT2D eigenvalue weighted by molar-refractivity contribution is 0.314. The minimum absolute atomic E-state index is 0.0648. The molecule has 0 fully saturated rings. The quantitative estimate of drug-likeness (QED) is 0.313. The standard InChI is InChI=1S/C12H15N5/c13-12(14)8-17(15)7-9-3-4-11-10(6-9)2-1-5-16-11/h1-6H,7-8,15H2,(H3,13,14). The number of nitrogens with zero attached hydrogens (tertiary/aromatic N) is 2. The van der Waals surface area contributed by atoms with Crippen LogP contribution >= 0.6 is 0 Å². The highest BCUT2D eigenvalue weighted by Crippen LogP contribution is 2.13. The van der Waals surface area contributed by atoms with E-state index in [1.54, 1.807) is 6.20 Å². The third-order valence-electron chi connectivity index (χ3n) is 2.43. The Morgan fingerprint density at radius 2 is 2.18 bits per heavy atom. The first-order valence-corrected chi connectivity index (χ1v) is 5.31. The number of rotatable bonds is 4. The van der Waals surface area contributed by atoms with Crippen LogP contribution in [0.2, 0.25) is 0 Å². The van der Waals surface area contributed by atoms with E-state index in [0.29, 0.717) is 6.54 Å². The Hall–Kier alpha value is -1.98. The molecule has 2 aromatic rings. The highest BCUT2D eigenvalue weighted by molar-refractivity contribution is 5.79. The summed E-state index contributed by atoms with van der Waals surface area (Å²) in [4.78, 5) is 4.25. The van der Waals surface area contributed by atoms with Gasteiger partial charge in [-0.3, -0.25) is 16.2 Å². The fraction of sp³-hybridized carbons (Fsp3) is 0.167. The second-order valence-corrected chi connectivity index (χ2v) is 3.96. The number of hydrogen-bond donors (Lipinski definition) is 3. The van der Waals surface area contributed by atoms with Crippen LogP contribution < -0.4 is 11.6 Å². The lowest BCUT2D eigenvalue weighted by Gasteiger charge is -2.15. The van der Waals surface area contributed by atoms with Gasteiger partial charge in [0.1, 0.15) is 5.84 Å². The first-order valence-electron chi connectivity index (χ1n) is 5.31. The molecule has 0 saturated heterocycles.